The van der Waals surface area contributed by atoms with Gasteiger partial charge < -0.3 is 10.2 Å². The fourth-order valence-corrected chi connectivity index (χ4v) is 1.11. The largest absolute Gasteiger partial charge is 0.396 e. The average molecular weight is 214 g/mol. The standard InChI is InChI=1S/C11H22N2O2/c1-10(2)13-15-9-7-5-4-6-8-11(14)12-3/h4-9H2,1-3H3,(H,12,14). The molecular formula is C11H22N2O2. The second kappa shape index (κ2) is 9.49. The Morgan fingerprint density at radius 1 is 1.20 bits per heavy atom. The number of rotatable bonds is 8. The number of nitrogens with zero attached hydrogens (tertiary/aromatic N) is 1. The molecule has 0 fully saturated rings. The van der Waals surface area contributed by atoms with E-state index in [-0.39, 0.29) is 5.91 Å². The maximum Gasteiger partial charge on any atom is 0.219 e. The van der Waals surface area contributed by atoms with Gasteiger partial charge in [-0.25, -0.2) is 0 Å². The van der Waals surface area contributed by atoms with E-state index >= 15 is 0 Å². The third kappa shape index (κ3) is 10.9. The summed E-state index contributed by atoms with van der Waals surface area (Å²) in [5.41, 5.74) is 0.939. The molecule has 0 bridgehead atoms. The molecule has 0 rings (SSSR count). The Morgan fingerprint density at radius 3 is 2.47 bits per heavy atom. The fourth-order valence-electron chi connectivity index (χ4n) is 1.11. The topological polar surface area (TPSA) is 50.7 Å². The van der Waals surface area contributed by atoms with Crippen LogP contribution < -0.4 is 5.32 Å². The average Bonchev–Trinajstić information content (AvgIpc) is 2.21. The summed E-state index contributed by atoms with van der Waals surface area (Å²) >= 11 is 0. The lowest BCUT2D eigenvalue weighted by atomic mass is 10.1. The summed E-state index contributed by atoms with van der Waals surface area (Å²) in [4.78, 5) is 15.9. The van der Waals surface area contributed by atoms with Crippen molar-refractivity contribution in [3.8, 4) is 0 Å². The van der Waals surface area contributed by atoms with Gasteiger partial charge in [0.1, 0.15) is 6.61 Å². The number of carbonyl (C=O) groups is 1. The summed E-state index contributed by atoms with van der Waals surface area (Å²) in [6.07, 6.45) is 4.75. The molecular weight excluding hydrogens is 192 g/mol. The van der Waals surface area contributed by atoms with Crippen LogP contribution in [0.1, 0.15) is 46.0 Å². The maximum atomic E-state index is 10.9. The molecule has 0 aliphatic carbocycles. The summed E-state index contributed by atoms with van der Waals surface area (Å²) < 4.78 is 0. The summed E-state index contributed by atoms with van der Waals surface area (Å²) in [5.74, 6) is 0.123. The Kier molecular flexibility index (Phi) is 8.82. The van der Waals surface area contributed by atoms with Crippen LogP contribution in [0.4, 0.5) is 0 Å². The van der Waals surface area contributed by atoms with Crippen LogP contribution in [0.3, 0.4) is 0 Å². The van der Waals surface area contributed by atoms with Crippen molar-refractivity contribution in [2.24, 2.45) is 5.16 Å². The first kappa shape index (κ1) is 13.9. The van der Waals surface area contributed by atoms with Crippen LogP contribution in [0.25, 0.3) is 0 Å². The molecule has 0 aromatic carbocycles. The first-order chi connectivity index (χ1) is 7.16. The molecule has 0 spiro atoms. The number of oxime groups is 1. The highest BCUT2D eigenvalue weighted by Crippen LogP contribution is 2.03. The van der Waals surface area contributed by atoms with E-state index in [1.807, 2.05) is 13.8 Å². The van der Waals surface area contributed by atoms with Gasteiger partial charge in [0.15, 0.2) is 0 Å². The van der Waals surface area contributed by atoms with E-state index in [1.54, 1.807) is 7.05 Å². The van der Waals surface area contributed by atoms with Crippen molar-refractivity contribution in [3.05, 3.63) is 0 Å². The molecule has 0 radical (unpaired) electrons. The first-order valence-electron chi connectivity index (χ1n) is 5.50. The van der Waals surface area contributed by atoms with Crippen LogP contribution >= 0.6 is 0 Å². The molecule has 0 aliphatic rings. The number of unbranched alkanes of at least 4 members (excludes halogenated alkanes) is 3. The normalized spacial score (nSPS) is 9.53. The molecule has 88 valence electrons. The van der Waals surface area contributed by atoms with Crippen LogP contribution in [0.2, 0.25) is 0 Å². The molecule has 4 nitrogen and oxygen atoms in total. The number of carbonyl (C=O) groups excluding carboxylic acids is 1. The molecule has 1 amide bonds. The molecule has 0 aliphatic heterocycles. The number of nitrogens with one attached hydrogen (secondary N) is 1. The minimum atomic E-state index is 0.123. The van der Waals surface area contributed by atoms with E-state index in [2.05, 4.69) is 10.5 Å². The zero-order chi connectivity index (χ0) is 11.5. The van der Waals surface area contributed by atoms with Gasteiger partial charge in [-0.15, -0.1) is 0 Å². The van der Waals surface area contributed by atoms with Gasteiger partial charge >= 0.3 is 0 Å². The van der Waals surface area contributed by atoms with Crippen molar-refractivity contribution >= 4 is 11.6 Å². The van der Waals surface area contributed by atoms with Gasteiger partial charge in [-0.2, -0.15) is 0 Å². The summed E-state index contributed by atoms with van der Waals surface area (Å²) in [5, 5.41) is 6.44. The second-order valence-corrected chi connectivity index (χ2v) is 3.71. The van der Waals surface area contributed by atoms with Crippen LogP contribution in [0.5, 0.6) is 0 Å². The van der Waals surface area contributed by atoms with Crippen molar-refractivity contribution in [2.45, 2.75) is 46.0 Å². The van der Waals surface area contributed by atoms with Crippen LogP contribution in [-0.4, -0.2) is 25.3 Å². The minimum Gasteiger partial charge on any atom is -0.396 e. The molecule has 0 heterocycles. The lowest BCUT2D eigenvalue weighted by Crippen LogP contribution is -2.16. The highest BCUT2D eigenvalue weighted by molar-refractivity contribution is 5.78. The Morgan fingerprint density at radius 2 is 1.87 bits per heavy atom. The Labute approximate surface area is 92.1 Å². The van der Waals surface area contributed by atoms with Crippen molar-refractivity contribution in [1.29, 1.82) is 0 Å². The highest BCUT2D eigenvalue weighted by Gasteiger charge is 1.96. The molecule has 0 atom stereocenters. The smallest absolute Gasteiger partial charge is 0.219 e. The molecule has 1 N–H and O–H groups in total. The van der Waals surface area contributed by atoms with Gasteiger partial charge in [0.2, 0.25) is 5.91 Å². The maximum absolute atomic E-state index is 10.9. The molecule has 0 unspecified atom stereocenters. The molecule has 0 saturated heterocycles. The second-order valence-electron chi connectivity index (χ2n) is 3.71. The summed E-state index contributed by atoms with van der Waals surface area (Å²) in [6.45, 7) is 4.48. The van der Waals surface area contributed by atoms with Gasteiger partial charge in [-0.05, 0) is 33.1 Å². The third-order valence-electron chi connectivity index (χ3n) is 1.92. The van der Waals surface area contributed by atoms with Crippen LogP contribution in [0, 0.1) is 0 Å². The summed E-state index contributed by atoms with van der Waals surface area (Å²) in [6, 6.07) is 0. The zero-order valence-corrected chi connectivity index (χ0v) is 10.0. The molecule has 0 aromatic rings. The fraction of sp³-hybridized carbons (Fsp3) is 0.818. The SMILES string of the molecule is CNC(=O)CCCCCCON=C(C)C. The van der Waals surface area contributed by atoms with Gasteiger partial charge in [-0.1, -0.05) is 11.6 Å². The quantitative estimate of drug-likeness (QED) is 0.382. The molecule has 15 heavy (non-hydrogen) atoms. The monoisotopic (exact) mass is 214 g/mol. The van der Waals surface area contributed by atoms with Crippen molar-refractivity contribution in [2.75, 3.05) is 13.7 Å². The van der Waals surface area contributed by atoms with Crippen molar-refractivity contribution < 1.29 is 9.63 Å². The predicted octanol–water partition coefficient (Wildman–Crippen LogP) is 2.10. The van der Waals surface area contributed by atoms with E-state index in [0.29, 0.717) is 13.0 Å². The molecule has 0 aromatic heterocycles. The number of hydrogen-bond acceptors (Lipinski definition) is 3. The number of amides is 1. The van der Waals surface area contributed by atoms with Crippen molar-refractivity contribution in [3.63, 3.8) is 0 Å². The van der Waals surface area contributed by atoms with Gasteiger partial charge in [0, 0.05) is 13.5 Å². The third-order valence-corrected chi connectivity index (χ3v) is 1.92. The Bertz CT molecular complexity index is 199. The van der Waals surface area contributed by atoms with E-state index in [9.17, 15) is 4.79 Å². The first-order valence-corrected chi connectivity index (χ1v) is 5.50. The number of hydrogen-bond donors (Lipinski definition) is 1. The van der Waals surface area contributed by atoms with Crippen LogP contribution in [-0.2, 0) is 9.63 Å². The minimum absolute atomic E-state index is 0.123. The van der Waals surface area contributed by atoms with Crippen molar-refractivity contribution in [1.82, 2.24) is 5.32 Å². The van der Waals surface area contributed by atoms with Gasteiger partial charge in [0.05, 0.1) is 5.71 Å². The van der Waals surface area contributed by atoms with Crippen LogP contribution in [0.15, 0.2) is 5.16 Å². The van der Waals surface area contributed by atoms with E-state index < -0.39 is 0 Å². The van der Waals surface area contributed by atoms with E-state index in [4.69, 9.17) is 4.84 Å². The van der Waals surface area contributed by atoms with Gasteiger partial charge in [0.25, 0.3) is 0 Å². The van der Waals surface area contributed by atoms with E-state index in [1.165, 1.54) is 0 Å². The lowest BCUT2D eigenvalue weighted by molar-refractivity contribution is -0.120. The molecule has 0 saturated carbocycles. The lowest BCUT2D eigenvalue weighted by Gasteiger charge is -2.01. The molecule has 4 heteroatoms. The summed E-state index contributed by atoms with van der Waals surface area (Å²) in [7, 11) is 1.67. The Hall–Kier alpha value is -1.06. The van der Waals surface area contributed by atoms with E-state index in [0.717, 1.165) is 31.4 Å². The van der Waals surface area contributed by atoms with Gasteiger partial charge in [-0.3, -0.25) is 4.79 Å². The predicted molar refractivity (Wildman–Crippen MR) is 61.9 cm³/mol. The zero-order valence-electron chi connectivity index (χ0n) is 10.0. The Balaban J connectivity index is 3.12. The highest BCUT2D eigenvalue weighted by atomic mass is 16.6.